The Kier molecular flexibility index (Phi) is 3.27. The van der Waals surface area contributed by atoms with E-state index in [0.29, 0.717) is 17.4 Å². The van der Waals surface area contributed by atoms with E-state index in [0.717, 1.165) is 5.92 Å². The molecule has 0 N–H and O–H groups in total. The molecule has 4 rings (SSSR count). The summed E-state index contributed by atoms with van der Waals surface area (Å²) < 4.78 is 0. The summed E-state index contributed by atoms with van der Waals surface area (Å²) in [6, 6.07) is 5.47. The maximum absolute atomic E-state index is 2.58. The van der Waals surface area contributed by atoms with Crippen LogP contribution < -0.4 is 0 Å². The largest absolute Gasteiger partial charge is 0.303 e. The van der Waals surface area contributed by atoms with Gasteiger partial charge in [-0.2, -0.15) is 0 Å². The van der Waals surface area contributed by atoms with Crippen LogP contribution in [0.1, 0.15) is 48.9 Å². The van der Waals surface area contributed by atoms with Crippen LogP contribution in [0.25, 0.3) is 0 Å². The third-order valence-corrected chi connectivity index (χ3v) is 7.08. The number of aryl methyl sites for hydroxylation is 1. The molecule has 0 fully saturated rings. The van der Waals surface area contributed by atoms with Crippen LogP contribution in [0.2, 0.25) is 0 Å². The van der Waals surface area contributed by atoms with Gasteiger partial charge in [-0.1, -0.05) is 31.2 Å². The average molecular weight is 295 g/mol. The quantitative estimate of drug-likeness (QED) is 0.646. The molecular weight excluding hydrogens is 266 g/mol. The van der Waals surface area contributed by atoms with Crippen molar-refractivity contribution in [3.8, 4) is 0 Å². The van der Waals surface area contributed by atoms with E-state index in [1.807, 2.05) is 0 Å². The fourth-order valence-corrected chi connectivity index (χ4v) is 5.57. The first-order valence-corrected chi connectivity index (χ1v) is 9.02. The van der Waals surface area contributed by atoms with Crippen LogP contribution >= 0.6 is 0 Å². The van der Waals surface area contributed by atoms with Crippen molar-refractivity contribution in [2.24, 2.45) is 11.8 Å². The summed E-state index contributed by atoms with van der Waals surface area (Å²) in [6.07, 6.45) is 10.1. The Morgan fingerprint density at radius 2 is 2.00 bits per heavy atom. The Morgan fingerprint density at radius 1 is 1.18 bits per heavy atom. The highest BCUT2D eigenvalue weighted by Gasteiger charge is 2.52. The maximum Gasteiger partial charge on any atom is 0.0104 e. The summed E-state index contributed by atoms with van der Waals surface area (Å²) >= 11 is 0. The Morgan fingerprint density at radius 3 is 2.82 bits per heavy atom. The lowest BCUT2D eigenvalue weighted by Crippen LogP contribution is -2.46. The highest BCUT2D eigenvalue weighted by atomic mass is 15.1. The molecule has 0 saturated carbocycles. The zero-order valence-corrected chi connectivity index (χ0v) is 14.5. The fraction of sp³-hybridized carbons (Fsp3) is 0.619. The molecule has 0 aromatic heterocycles. The molecule has 0 radical (unpaired) electrons. The minimum absolute atomic E-state index is 0.403. The Bertz CT molecular complexity index is 629. The van der Waals surface area contributed by atoms with Gasteiger partial charge in [-0.25, -0.2) is 0 Å². The van der Waals surface area contributed by atoms with Crippen molar-refractivity contribution < 1.29 is 0 Å². The zero-order valence-electron chi connectivity index (χ0n) is 14.5. The fourth-order valence-electron chi connectivity index (χ4n) is 5.57. The maximum atomic E-state index is 2.58. The van der Waals surface area contributed by atoms with Crippen molar-refractivity contribution in [3.05, 3.63) is 46.5 Å². The van der Waals surface area contributed by atoms with Crippen LogP contribution in [0.15, 0.2) is 24.3 Å². The molecule has 1 heteroatoms. The van der Waals surface area contributed by atoms with Crippen LogP contribution in [-0.2, 0) is 18.3 Å². The van der Waals surface area contributed by atoms with Crippen LogP contribution in [0.4, 0.5) is 0 Å². The van der Waals surface area contributed by atoms with Crippen LogP contribution in [0.3, 0.4) is 0 Å². The summed E-state index contributed by atoms with van der Waals surface area (Å²) in [7, 11) is 2.31. The van der Waals surface area contributed by atoms with Crippen molar-refractivity contribution >= 4 is 0 Å². The molecule has 0 amide bonds. The van der Waals surface area contributed by atoms with E-state index in [2.05, 4.69) is 57.0 Å². The molecule has 1 spiro atoms. The number of likely N-dealkylation sites (N-methyl/N-ethyl adjacent to an activating group) is 1. The van der Waals surface area contributed by atoms with Gasteiger partial charge in [0.1, 0.15) is 0 Å². The molecule has 1 aliphatic heterocycles. The highest BCUT2D eigenvalue weighted by Crippen LogP contribution is 2.56. The minimum Gasteiger partial charge on any atom is -0.303 e. The lowest BCUT2D eigenvalue weighted by Gasteiger charge is -2.47. The molecule has 2 unspecified atom stereocenters. The van der Waals surface area contributed by atoms with E-state index in [4.69, 9.17) is 0 Å². The Balaban J connectivity index is 1.96. The first-order valence-electron chi connectivity index (χ1n) is 9.02. The van der Waals surface area contributed by atoms with Gasteiger partial charge in [0.2, 0.25) is 0 Å². The predicted molar refractivity (Wildman–Crippen MR) is 93.4 cm³/mol. The lowest BCUT2D eigenvalue weighted by atomic mass is 9.59. The zero-order chi connectivity index (χ0) is 15.5. The standard InChI is InChI=1S/C21H29N/c1-14-8-9-17-12-16(3)22(4)11-10-21-15(2)6-5-7-18(21)13-19(14)20(17)21/h5-6,8-9,15-16,18H,7,10-13H2,1-4H3/t15?,16?,18-,21-/m1/s1. The van der Waals surface area contributed by atoms with Crippen molar-refractivity contribution in [2.75, 3.05) is 13.6 Å². The average Bonchev–Trinajstić information content (AvgIpc) is 2.84. The van der Waals surface area contributed by atoms with Gasteiger partial charge in [0.05, 0.1) is 0 Å². The Hall–Kier alpha value is -1.08. The first kappa shape index (κ1) is 14.5. The number of nitrogens with zero attached hydrogens (tertiary/aromatic N) is 1. The predicted octanol–water partition coefficient (Wildman–Crippen LogP) is 4.27. The summed E-state index contributed by atoms with van der Waals surface area (Å²) in [5.41, 5.74) is 7.05. The molecule has 0 bridgehead atoms. The second-order valence-corrected chi connectivity index (χ2v) is 8.07. The molecule has 2 aliphatic carbocycles. The summed E-state index contributed by atoms with van der Waals surface area (Å²) in [5.74, 6) is 1.50. The highest BCUT2D eigenvalue weighted by molar-refractivity contribution is 5.52. The Labute approximate surface area is 135 Å². The number of benzene rings is 1. The van der Waals surface area contributed by atoms with Crippen molar-refractivity contribution in [1.82, 2.24) is 4.90 Å². The lowest BCUT2D eigenvalue weighted by molar-refractivity contribution is 0.148. The molecule has 1 nitrogen and oxygen atoms in total. The van der Waals surface area contributed by atoms with Gasteiger partial charge in [-0.3, -0.25) is 0 Å². The topological polar surface area (TPSA) is 3.24 Å². The molecular formula is C21H29N. The van der Waals surface area contributed by atoms with E-state index in [1.165, 1.54) is 37.8 Å². The smallest absolute Gasteiger partial charge is 0.0104 e. The van der Waals surface area contributed by atoms with Crippen LogP contribution in [0.5, 0.6) is 0 Å². The normalized spacial score (nSPS) is 37.4. The van der Waals surface area contributed by atoms with E-state index in [-0.39, 0.29) is 0 Å². The van der Waals surface area contributed by atoms with E-state index in [1.54, 1.807) is 16.7 Å². The summed E-state index contributed by atoms with van der Waals surface area (Å²) in [5, 5.41) is 0. The second-order valence-electron chi connectivity index (χ2n) is 8.07. The minimum atomic E-state index is 0.403. The van der Waals surface area contributed by atoms with Crippen LogP contribution in [-0.4, -0.2) is 24.5 Å². The molecule has 3 aliphatic rings. The first-order chi connectivity index (χ1) is 10.5. The molecule has 1 aromatic rings. The monoisotopic (exact) mass is 295 g/mol. The number of hydrogen-bond acceptors (Lipinski definition) is 1. The van der Waals surface area contributed by atoms with Gasteiger partial charge >= 0.3 is 0 Å². The van der Waals surface area contributed by atoms with Gasteiger partial charge in [-0.05, 0) is 87.2 Å². The summed E-state index contributed by atoms with van der Waals surface area (Å²) in [4.78, 5) is 2.58. The van der Waals surface area contributed by atoms with Gasteiger partial charge < -0.3 is 4.90 Å². The number of hydrogen-bond donors (Lipinski definition) is 0. The van der Waals surface area contributed by atoms with Crippen LogP contribution in [0, 0.1) is 18.8 Å². The van der Waals surface area contributed by atoms with Gasteiger partial charge in [0, 0.05) is 11.5 Å². The number of allylic oxidation sites excluding steroid dienone is 2. The molecule has 1 aromatic carbocycles. The van der Waals surface area contributed by atoms with Crippen molar-refractivity contribution in [1.29, 1.82) is 0 Å². The molecule has 1 heterocycles. The summed E-state index contributed by atoms with van der Waals surface area (Å²) in [6.45, 7) is 8.42. The number of rotatable bonds is 0. The van der Waals surface area contributed by atoms with Gasteiger partial charge in [0.25, 0.3) is 0 Å². The second kappa shape index (κ2) is 4.96. The van der Waals surface area contributed by atoms with Crippen molar-refractivity contribution in [2.45, 2.75) is 57.9 Å². The van der Waals surface area contributed by atoms with E-state index in [9.17, 15) is 0 Å². The third-order valence-electron chi connectivity index (χ3n) is 7.08. The van der Waals surface area contributed by atoms with E-state index < -0.39 is 0 Å². The SMILES string of the molecule is Cc1ccc2c3c1C[C@H]1CC=CC(C)[C@@]31CCN(C)C(C)C2. The van der Waals surface area contributed by atoms with E-state index >= 15 is 0 Å². The molecule has 0 saturated heterocycles. The third kappa shape index (κ3) is 1.81. The van der Waals surface area contributed by atoms with Gasteiger partial charge in [-0.15, -0.1) is 0 Å². The molecule has 118 valence electrons. The molecule has 4 atom stereocenters. The van der Waals surface area contributed by atoms with Gasteiger partial charge in [0.15, 0.2) is 0 Å². The molecule has 22 heavy (non-hydrogen) atoms. The van der Waals surface area contributed by atoms with Crippen molar-refractivity contribution in [3.63, 3.8) is 0 Å².